The van der Waals surface area contributed by atoms with Crippen molar-refractivity contribution in [1.82, 2.24) is 9.55 Å². The van der Waals surface area contributed by atoms with E-state index in [0.717, 1.165) is 41.3 Å². The molecule has 0 amide bonds. The van der Waals surface area contributed by atoms with Crippen LogP contribution in [0.2, 0.25) is 0 Å². The summed E-state index contributed by atoms with van der Waals surface area (Å²) in [4.78, 5) is 16.9. The molecule has 6 heteroatoms. The molecule has 1 aromatic heterocycles. The van der Waals surface area contributed by atoms with E-state index in [9.17, 15) is 4.79 Å². The van der Waals surface area contributed by atoms with Crippen molar-refractivity contribution in [3.63, 3.8) is 0 Å². The van der Waals surface area contributed by atoms with E-state index in [1.165, 1.54) is 20.0 Å². The molecular weight excluding hydrogens is 390 g/mol. The highest BCUT2D eigenvalue weighted by Gasteiger charge is 2.25. The lowest BCUT2D eigenvalue weighted by atomic mass is 9.87. The van der Waals surface area contributed by atoms with E-state index in [4.69, 9.17) is 14.5 Å². The Morgan fingerprint density at radius 3 is 2.61 bits per heavy atom. The molecule has 1 aliphatic rings. The maximum absolute atomic E-state index is 12.0. The van der Waals surface area contributed by atoms with Crippen LogP contribution in [0.15, 0.2) is 42.5 Å². The molecule has 0 aliphatic heterocycles. The predicted molar refractivity (Wildman–Crippen MR) is 123 cm³/mol. The molecule has 0 bridgehead atoms. The SMILES string of the molecule is COC(=O)c1ccc2c(c1)nc(Nc1ccc(OC(C)C)cc1)n2C1CCCC(C)C1. The van der Waals surface area contributed by atoms with Crippen LogP contribution in [0.5, 0.6) is 5.75 Å². The van der Waals surface area contributed by atoms with Crippen LogP contribution in [0.25, 0.3) is 11.0 Å². The first-order valence-corrected chi connectivity index (χ1v) is 11.1. The first-order chi connectivity index (χ1) is 14.9. The van der Waals surface area contributed by atoms with E-state index in [1.807, 2.05) is 56.3 Å². The van der Waals surface area contributed by atoms with Gasteiger partial charge in [-0.15, -0.1) is 0 Å². The second-order valence-electron chi connectivity index (χ2n) is 8.74. The lowest BCUT2D eigenvalue weighted by Crippen LogP contribution is -2.19. The maximum Gasteiger partial charge on any atom is 0.337 e. The van der Waals surface area contributed by atoms with Crippen LogP contribution < -0.4 is 10.1 Å². The molecule has 2 atom stereocenters. The predicted octanol–water partition coefficient (Wildman–Crippen LogP) is 6.10. The molecule has 0 saturated heterocycles. The number of methoxy groups -OCH3 is 1. The topological polar surface area (TPSA) is 65.4 Å². The van der Waals surface area contributed by atoms with Gasteiger partial charge in [0, 0.05) is 11.7 Å². The van der Waals surface area contributed by atoms with Gasteiger partial charge in [0.05, 0.1) is 29.8 Å². The Labute approximate surface area is 183 Å². The van der Waals surface area contributed by atoms with Crippen LogP contribution in [0.1, 0.15) is 62.9 Å². The van der Waals surface area contributed by atoms with Crippen LogP contribution in [-0.2, 0) is 4.74 Å². The zero-order chi connectivity index (χ0) is 22.0. The molecule has 1 saturated carbocycles. The van der Waals surface area contributed by atoms with Gasteiger partial charge in [0.25, 0.3) is 0 Å². The lowest BCUT2D eigenvalue weighted by molar-refractivity contribution is 0.0601. The van der Waals surface area contributed by atoms with Crippen molar-refractivity contribution in [3.8, 4) is 5.75 Å². The first-order valence-electron chi connectivity index (χ1n) is 11.1. The van der Waals surface area contributed by atoms with Crippen LogP contribution in [0, 0.1) is 5.92 Å². The number of carbonyl (C=O) groups is 1. The van der Waals surface area contributed by atoms with Gasteiger partial charge < -0.3 is 19.4 Å². The standard InChI is InChI=1S/C25H31N3O3/c1-16(2)31-21-11-9-19(10-12-21)26-25-27-22-15-18(24(29)30-4)8-13-23(22)28(25)20-7-5-6-17(3)14-20/h8-13,15-17,20H,5-7,14H2,1-4H3,(H,26,27). The number of hydrogen-bond acceptors (Lipinski definition) is 5. The van der Waals surface area contributed by atoms with Crippen molar-refractivity contribution in [3.05, 3.63) is 48.0 Å². The number of nitrogens with one attached hydrogen (secondary N) is 1. The van der Waals surface area contributed by atoms with Gasteiger partial charge in [0.1, 0.15) is 5.75 Å². The van der Waals surface area contributed by atoms with Gasteiger partial charge in [-0.05, 0) is 75.1 Å². The number of imidazole rings is 1. The summed E-state index contributed by atoms with van der Waals surface area (Å²) < 4.78 is 12.9. The van der Waals surface area contributed by atoms with Crippen LogP contribution in [0.3, 0.4) is 0 Å². The van der Waals surface area contributed by atoms with Crippen molar-refractivity contribution in [2.24, 2.45) is 5.92 Å². The summed E-state index contributed by atoms with van der Waals surface area (Å²) in [6.45, 7) is 6.35. The van der Waals surface area contributed by atoms with Gasteiger partial charge in [-0.1, -0.05) is 19.8 Å². The molecule has 6 nitrogen and oxygen atoms in total. The lowest BCUT2D eigenvalue weighted by Gasteiger charge is -2.29. The number of aromatic nitrogens is 2. The molecule has 1 heterocycles. The number of anilines is 2. The number of fused-ring (bicyclic) bond motifs is 1. The molecule has 2 aromatic carbocycles. The monoisotopic (exact) mass is 421 g/mol. The molecule has 3 aromatic rings. The number of carbonyl (C=O) groups excluding carboxylic acids is 1. The molecule has 31 heavy (non-hydrogen) atoms. The zero-order valence-corrected chi connectivity index (χ0v) is 18.7. The van der Waals surface area contributed by atoms with Crippen molar-refractivity contribution >= 4 is 28.6 Å². The molecule has 1 aliphatic carbocycles. The quantitative estimate of drug-likeness (QED) is 0.487. The average Bonchev–Trinajstić information content (AvgIpc) is 3.11. The van der Waals surface area contributed by atoms with Crippen LogP contribution >= 0.6 is 0 Å². The third kappa shape index (κ3) is 4.68. The van der Waals surface area contributed by atoms with E-state index in [1.54, 1.807) is 0 Å². The Bertz CT molecular complexity index is 1060. The van der Waals surface area contributed by atoms with Gasteiger partial charge in [-0.25, -0.2) is 9.78 Å². The fraction of sp³-hybridized carbons (Fsp3) is 0.440. The summed E-state index contributed by atoms with van der Waals surface area (Å²) in [6.07, 6.45) is 4.88. The highest BCUT2D eigenvalue weighted by Crippen LogP contribution is 2.37. The van der Waals surface area contributed by atoms with Gasteiger partial charge in [0.2, 0.25) is 5.95 Å². The van der Waals surface area contributed by atoms with Crippen molar-refractivity contribution in [2.45, 2.75) is 58.6 Å². The minimum atomic E-state index is -0.349. The van der Waals surface area contributed by atoms with Gasteiger partial charge >= 0.3 is 5.97 Å². The van der Waals surface area contributed by atoms with Gasteiger partial charge in [-0.2, -0.15) is 0 Å². The number of rotatable bonds is 6. The third-order valence-corrected chi connectivity index (χ3v) is 5.87. The smallest absolute Gasteiger partial charge is 0.337 e. The molecular formula is C25H31N3O3. The summed E-state index contributed by atoms with van der Waals surface area (Å²) in [6, 6.07) is 13.9. The number of esters is 1. The number of ether oxygens (including phenoxy) is 2. The Morgan fingerprint density at radius 2 is 1.94 bits per heavy atom. The largest absolute Gasteiger partial charge is 0.491 e. The van der Waals surface area contributed by atoms with E-state index >= 15 is 0 Å². The number of hydrogen-bond donors (Lipinski definition) is 1. The first kappa shape index (κ1) is 21.2. The zero-order valence-electron chi connectivity index (χ0n) is 18.7. The van der Waals surface area contributed by atoms with Gasteiger partial charge in [0.15, 0.2) is 0 Å². The molecule has 1 N–H and O–H groups in total. The minimum absolute atomic E-state index is 0.139. The summed E-state index contributed by atoms with van der Waals surface area (Å²) in [5, 5.41) is 3.50. The van der Waals surface area contributed by atoms with Crippen molar-refractivity contribution in [1.29, 1.82) is 0 Å². The Kier molecular flexibility index (Phi) is 6.16. The molecule has 164 valence electrons. The third-order valence-electron chi connectivity index (χ3n) is 5.87. The minimum Gasteiger partial charge on any atom is -0.491 e. The highest BCUT2D eigenvalue weighted by atomic mass is 16.5. The summed E-state index contributed by atoms with van der Waals surface area (Å²) in [7, 11) is 1.40. The van der Waals surface area contributed by atoms with Crippen molar-refractivity contribution in [2.75, 3.05) is 12.4 Å². The number of nitrogens with zero attached hydrogens (tertiary/aromatic N) is 2. The molecule has 1 fully saturated rings. The summed E-state index contributed by atoms with van der Waals surface area (Å²) >= 11 is 0. The van der Waals surface area contributed by atoms with E-state index in [2.05, 4.69) is 16.8 Å². The van der Waals surface area contributed by atoms with E-state index in [-0.39, 0.29) is 12.1 Å². The number of benzene rings is 2. The second-order valence-corrected chi connectivity index (χ2v) is 8.74. The Morgan fingerprint density at radius 1 is 1.16 bits per heavy atom. The average molecular weight is 422 g/mol. The molecule has 0 spiro atoms. The van der Waals surface area contributed by atoms with E-state index in [0.29, 0.717) is 17.5 Å². The molecule has 2 unspecified atom stereocenters. The summed E-state index contributed by atoms with van der Waals surface area (Å²) in [5.74, 6) is 1.98. The van der Waals surface area contributed by atoms with Crippen LogP contribution in [-0.4, -0.2) is 28.7 Å². The highest BCUT2D eigenvalue weighted by molar-refractivity contribution is 5.94. The molecule has 4 rings (SSSR count). The van der Waals surface area contributed by atoms with Crippen LogP contribution in [0.4, 0.5) is 11.6 Å². The fourth-order valence-corrected chi connectivity index (χ4v) is 4.46. The Hall–Kier alpha value is -3.02. The summed E-state index contributed by atoms with van der Waals surface area (Å²) in [5.41, 5.74) is 3.29. The van der Waals surface area contributed by atoms with Gasteiger partial charge in [-0.3, -0.25) is 0 Å². The molecule has 0 radical (unpaired) electrons. The van der Waals surface area contributed by atoms with E-state index < -0.39 is 0 Å². The fourth-order valence-electron chi connectivity index (χ4n) is 4.46. The Balaban J connectivity index is 1.71. The second kappa shape index (κ2) is 9.00. The maximum atomic E-state index is 12.0. The normalized spacial score (nSPS) is 18.9. The van der Waals surface area contributed by atoms with Crippen molar-refractivity contribution < 1.29 is 14.3 Å².